The van der Waals surface area contributed by atoms with Gasteiger partial charge in [0.1, 0.15) is 0 Å². The van der Waals surface area contributed by atoms with E-state index in [1.165, 1.54) is 5.56 Å². The summed E-state index contributed by atoms with van der Waals surface area (Å²) in [6.07, 6.45) is 0.829. The third-order valence-electron chi connectivity index (χ3n) is 3.71. The van der Waals surface area contributed by atoms with Gasteiger partial charge in [-0.3, -0.25) is 4.79 Å². The second kappa shape index (κ2) is 4.43. The number of aryl methyl sites for hydroxylation is 1. The first kappa shape index (κ1) is 11.8. The van der Waals surface area contributed by atoms with Crippen molar-refractivity contribution in [2.45, 2.75) is 19.3 Å². The molecule has 0 fully saturated rings. The predicted molar refractivity (Wildman–Crippen MR) is 77.1 cm³/mol. The molecule has 0 aromatic heterocycles. The molecular weight excluding hydrogens is 236 g/mol. The Morgan fingerprint density at radius 1 is 1.26 bits per heavy atom. The molecule has 0 bridgehead atoms. The topological polar surface area (TPSA) is 55.1 Å². The molecule has 0 saturated carbocycles. The van der Waals surface area contributed by atoms with E-state index >= 15 is 0 Å². The van der Waals surface area contributed by atoms with Crippen molar-refractivity contribution in [2.75, 3.05) is 11.1 Å². The Morgan fingerprint density at radius 2 is 2.05 bits per heavy atom. The highest BCUT2D eigenvalue weighted by atomic mass is 16.1. The van der Waals surface area contributed by atoms with Crippen LogP contribution in [0.5, 0.6) is 0 Å². The molecule has 0 saturated heterocycles. The summed E-state index contributed by atoms with van der Waals surface area (Å²) < 4.78 is 0. The monoisotopic (exact) mass is 252 g/mol. The molecule has 1 atom stereocenters. The number of fused-ring (bicyclic) bond motifs is 1. The highest BCUT2D eigenvalue weighted by Crippen LogP contribution is 2.35. The van der Waals surface area contributed by atoms with Crippen molar-refractivity contribution in [2.24, 2.45) is 0 Å². The lowest BCUT2D eigenvalue weighted by atomic mass is 9.77. The summed E-state index contributed by atoms with van der Waals surface area (Å²) in [5.74, 6) is 0.0388. The Balaban J connectivity index is 1.75. The minimum Gasteiger partial charge on any atom is -0.399 e. The average molecular weight is 252 g/mol. The lowest BCUT2D eigenvalue weighted by Gasteiger charge is -2.28. The van der Waals surface area contributed by atoms with Crippen molar-refractivity contribution >= 4 is 17.3 Å². The molecule has 0 aliphatic heterocycles. The zero-order valence-electron chi connectivity index (χ0n) is 10.8. The first-order valence-electron chi connectivity index (χ1n) is 6.40. The van der Waals surface area contributed by atoms with Crippen LogP contribution in [0.1, 0.15) is 22.6 Å². The Kier molecular flexibility index (Phi) is 2.75. The zero-order chi connectivity index (χ0) is 13.4. The number of hydrogen-bond donors (Lipinski definition) is 2. The molecule has 3 N–H and O–H groups in total. The number of carbonyl (C=O) groups excluding carboxylic acids is 1. The summed E-state index contributed by atoms with van der Waals surface area (Å²) in [7, 11) is 0. The molecular formula is C16H16N2O. The molecule has 3 rings (SSSR count). The largest absolute Gasteiger partial charge is 0.399 e. The fourth-order valence-electron chi connectivity index (χ4n) is 2.48. The summed E-state index contributed by atoms with van der Waals surface area (Å²) in [5, 5.41) is 2.96. The quantitative estimate of drug-likeness (QED) is 0.807. The normalized spacial score (nSPS) is 16.4. The SMILES string of the molecule is Cc1cc(NC(=O)C2Cc3ccccc32)ccc1N. The maximum absolute atomic E-state index is 12.2. The maximum atomic E-state index is 12.2. The first-order valence-corrected chi connectivity index (χ1v) is 6.40. The molecule has 2 aromatic carbocycles. The standard InChI is InChI=1S/C16H16N2O/c1-10-8-12(6-7-15(10)17)18-16(19)14-9-11-4-2-3-5-13(11)14/h2-8,14H,9,17H2,1H3,(H,18,19). The van der Waals surface area contributed by atoms with Gasteiger partial charge in [0, 0.05) is 11.4 Å². The molecule has 2 aromatic rings. The maximum Gasteiger partial charge on any atom is 0.232 e. The van der Waals surface area contributed by atoms with Crippen molar-refractivity contribution in [3.05, 3.63) is 59.2 Å². The molecule has 3 heteroatoms. The van der Waals surface area contributed by atoms with E-state index in [0.717, 1.165) is 28.9 Å². The van der Waals surface area contributed by atoms with E-state index in [1.807, 2.05) is 43.3 Å². The molecule has 0 heterocycles. The molecule has 1 amide bonds. The average Bonchev–Trinajstić information content (AvgIpc) is 2.35. The number of rotatable bonds is 2. The van der Waals surface area contributed by atoms with Crippen molar-refractivity contribution < 1.29 is 4.79 Å². The van der Waals surface area contributed by atoms with Gasteiger partial charge in [0.05, 0.1) is 5.92 Å². The second-order valence-electron chi connectivity index (χ2n) is 5.02. The van der Waals surface area contributed by atoms with E-state index in [1.54, 1.807) is 0 Å². The Bertz CT molecular complexity index is 649. The van der Waals surface area contributed by atoms with Gasteiger partial charge in [-0.05, 0) is 48.2 Å². The van der Waals surface area contributed by atoms with Crippen LogP contribution in [0, 0.1) is 6.92 Å². The van der Waals surface area contributed by atoms with Gasteiger partial charge in [-0.25, -0.2) is 0 Å². The number of amides is 1. The van der Waals surface area contributed by atoms with E-state index < -0.39 is 0 Å². The van der Waals surface area contributed by atoms with E-state index in [9.17, 15) is 4.79 Å². The lowest BCUT2D eigenvalue weighted by Crippen LogP contribution is -2.30. The predicted octanol–water partition coefficient (Wildman–Crippen LogP) is 2.86. The fourth-order valence-corrected chi connectivity index (χ4v) is 2.48. The van der Waals surface area contributed by atoms with Gasteiger partial charge in [-0.2, -0.15) is 0 Å². The summed E-state index contributed by atoms with van der Waals surface area (Å²) in [6, 6.07) is 13.6. The number of benzene rings is 2. The van der Waals surface area contributed by atoms with E-state index in [0.29, 0.717) is 0 Å². The molecule has 1 aliphatic carbocycles. The number of nitrogens with one attached hydrogen (secondary N) is 1. The van der Waals surface area contributed by atoms with E-state index in [4.69, 9.17) is 5.73 Å². The van der Waals surface area contributed by atoms with Crippen LogP contribution >= 0.6 is 0 Å². The van der Waals surface area contributed by atoms with Gasteiger partial charge in [0.15, 0.2) is 0 Å². The molecule has 19 heavy (non-hydrogen) atoms. The van der Waals surface area contributed by atoms with Gasteiger partial charge < -0.3 is 11.1 Å². The van der Waals surface area contributed by atoms with Crippen LogP contribution in [-0.2, 0) is 11.2 Å². The van der Waals surface area contributed by atoms with Gasteiger partial charge in [-0.1, -0.05) is 24.3 Å². The van der Waals surface area contributed by atoms with Crippen LogP contribution in [0.25, 0.3) is 0 Å². The van der Waals surface area contributed by atoms with Gasteiger partial charge in [0.25, 0.3) is 0 Å². The fraction of sp³-hybridized carbons (Fsp3) is 0.188. The summed E-state index contributed by atoms with van der Waals surface area (Å²) in [5.41, 5.74) is 10.7. The number of nitrogens with two attached hydrogens (primary N) is 1. The Hall–Kier alpha value is -2.29. The van der Waals surface area contributed by atoms with Gasteiger partial charge >= 0.3 is 0 Å². The molecule has 1 unspecified atom stereocenters. The number of nitrogen functional groups attached to an aromatic ring is 1. The minimum atomic E-state index is -0.0194. The van der Waals surface area contributed by atoms with Gasteiger partial charge in [-0.15, -0.1) is 0 Å². The molecule has 0 radical (unpaired) electrons. The first-order chi connectivity index (χ1) is 9.15. The summed E-state index contributed by atoms with van der Waals surface area (Å²) in [6.45, 7) is 1.93. The molecule has 3 nitrogen and oxygen atoms in total. The zero-order valence-corrected chi connectivity index (χ0v) is 10.8. The van der Waals surface area contributed by atoms with Crippen LogP contribution in [0.4, 0.5) is 11.4 Å². The highest BCUT2D eigenvalue weighted by molar-refractivity contribution is 5.98. The smallest absolute Gasteiger partial charge is 0.232 e. The van der Waals surface area contributed by atoms with E-state index in [-0.39, 0.29) is 11.8 Å². The van der Waals surface area contributed by atoms with Crippen LogP contribution in [-0.4, -0.2) is 5.91 Å². The number of anilines is 2. The molecule has 1 aliphatic rings. The highest BCUT2D eigenvalue weighted by Gasteiger charge is 2.31. The van der Waals surface area contributed by atoms with Crippen molar-refractivity contribution in [3.63, 3.8) is 0 Å². The second-order valence-corrected chi connectivity index (χ2v) is 5.02. The Labute approximate surface area is 112 Å². The Morgan fingerprint density at radius 3 is 2.79 bits per heavy atom. The summed E-state index contributed by atoms with van der Waals surface area (Å²) >= 11 is 0. The number of hydrogen-bond acceptors (Lipinski definition) is 2. The van der Waals surface area contributed by atoms with Crippen LogP contribution < -0.4 is 11.1 Å². The van der Waals surface area contributed by atoms with Crippen molar-refractivity contribution in [1.29, 1.82) is 0 Å². The minimum absolute atomic E-state index is 0.0194. The number of carbonyl (C=O) groups is 1. The van der Waals surface area contributed by atoms with Crippen molar-refractivity contribution in [1.82, 2.24) is 0 Å². The summed E-state index contributed by atoms with van der Waals surface area (Å²) in [4.78, 5) is 12.2. The van der Waals surface area contributed by atoms with E-state index in [2.05, 4.69) is 11.4 Å². The van der Waals surface area contributed by atoms with Gasteiger partial charge in [0.2, 0.25) is 5.91 Å². The van der Waals surface area contributed by atoms with Crippen LogP contribution in [0.2, 0.25) is 0 Å². The molecule has 96 valence electrons. The van der Waals surface area contributed by atoms with Crippen LogP contribution in [0.15, 0.2) is 42.5 Å². The third-order valence-corrected chi connectivity index (χ3v) is 3.71. The van der Waals surface area contributed by atoms with Crippen LogP contribution in [0.3, 0.4) is 0 Å². The molecule has 0 spiro atoms. The third kappa shape index (κ3) is 2.08. The van der Waals surface area contributed by atoms with Crippen molar-refractivity contribution in [3.8, 4) is 0 Å². The lowest BCUT2D eigenvalue weighted by molar-refractivity contribution is -0.118.